The highest BCUT2D eigenvalue weighted by Crippen LogP contribution is 2.05. The molecule has 0 aromatic heterocycles. The summed E-state index contributed by atoms with van der Waals surface area (Å²) < 4.78 is 5.02. The summed E-state index contributed by atoms with van der Waals surface area (Å²) in [6, 6.07) is -0.220. The van der Waals surface area contributed by atoms with E-state index in [1.807, 2.05) is 13.8 Å². The lowest BCUT2D eigenvalue weighted by molar-refractivity contribution is -0.140. The SMILES string of the molecule is C=C(C)C(=O)NC(COC(=O)C(=C)C)C(C)C. The summed E-state index contributed by atoms with van der Waals surface area (Å²) in [6.45, 7) is 14.3. The van der Waals surface area contributed by atoms with E-state index < -0.39 is 5.97 Å². The predicted molar refractivity (Wildman–Crippen MR) is 67.4 cm³/mol. The summed E-state index contributed by atoms with van der Waals surface area (Å²) in [5, 5.41) is 2.76. The highest BCUT2D eigenvalue weighted by molar-refractivity contribution is 5.92. The molecule has 0 heterocycles. The van der Waals surface area contributed by atoms with Gasteiger partial charge in [-0.05, 0) is 19.8 Å². The average molecular weight is 239 g/mol. The first-order chi connectivity index (χ1) is 7.75. The number of hydrogen-bond acceptors (Lipinski definition) is 3. The fraction of sp³-hybridized carbons (Fsp3) is 0.538. The van der Waals surface area contributed by atoms with Crippen LogP contribution in [0, 0.1) is 5.92 Å². The Labute approximate surface area is 103 Å². The van der Waals surface area contributed by atoms with Gasteiger partial charge in [0.25, 0.3) is 0 Å². The van der Waals surface area contributed by atoms with Gasteiger partial charge in [-0.1, -0.05) is 27.0 Å². The van der Waals surface area contributed by atoms with Crippen LogP contribution in [0.25, 0.3) is 0 Å². The van der Waals surface area contributed by atoms with Crippen LogP contribution in [0.1, 0.15) is 27.7 Å². The molecular formula is C13H21NO3. The number of rotatable bonds is 6. The highest BCUT2D eigenvalue weighted by atomic mass is 16.5. The molecule has 0 fully saturated rings. The van der Waals surface area contributed by atoms with Crippen LogP contribution >= 0.6 is 0 Å². The number of esters is 1. The van der Waals surface area contributed by atoms with Gasteiger partial charge >= 0.3 is 5.97 Å². The Morgan fingerprint density at radius 2 is 1.71 bits per heavy atom. The van der Waals surface area contributed by atoms with Crippen LogP contribution in [0.4, 0.5) is 0 Å². The Morgan fingerprint density at radius 1 is 1.18 bits per heavy atom. The minimum Gasteiger partial charge on any atom is -0.460 e. The van der Waals surface area contributed by atoms with Crippen molar-refractivity contribution in [1.29, 1.82) is 0 Å². The minimum atomic E-state index is -0.444. The number of carbonyl (C=O) groups is 2. The second kappa shape index (κ2) is 6.89. The number of hydrogen-bond donors (Lipinski definition) is 1. The summed E-state index contributed by atoms with van der Waals surface area (Å²) in [6.07, 6.45) is 0. The van der Waals surface area contributed by atoms with Crippen LogP contribution < -0.4 is 5.32 Å². The fourth-order valence-electron chi connectivity index (χ4n) is 0.981. The molecule has 0 aliphatic rings. The van der Waals surface area contributed by atoms with Gasteiger partial charge in [-0.15, -0.1) is 0 Å². The van der Waals surface area contributed by atoms with Crippen LogP contribution in [0.3, 0.4) is 0 Å². The first-order valence-electron chi connectivity index (χ1n) is 5.54. The molecular weight excluding hydrogens is 218 g/mol. The van der Waals surface area contributed by atoms with Gasteiger partial charge in [0.05, 0.1) is 6.04 Å². The maximum atomic E-state index is 11.5. The van der Waals surface area contributed by atoms with Crippen molar-refractivity contribution in [1.82, 2.24) is 5.32 Å². The van der Waals surface area contributed by atoms with Crippen LogP contribution in [-0.4, -0.2) is 24.5 Å². The normalized spacial score (nSPS) is 11.8. The number of carbonyl (C=O) groups excluding carboxylic acids is 2. The number of amides is 1. The van der Waals surface area contributed by atoms with Gasteiger partial charge in [-0.3, -0.25) is 4.79 Å². The number of nitrogens with one attached hydrogen (secondary N) is 1. The largest absolute Gasteiger partial charge is 0.460 e. The molecule has 0 aromatic rings. The Hall–Kier alpha value is -1.58. The summed E-state index contributed by atoms with van der Waals surface area (Å²) in [7, 11) is 0. The Balaban J connectivity index is 4.36. The molecule has 0 aromatic carbocycles. The van der Waals surface area contributed by atoms with Gasteiger partial charge in [0.1, 0.15) is 6.61 Å². The first kappa shape index (κ1) is 15.4. The summed E-state index contributed by atoms with van der Waals surface area (Å²) in [5.41, 5.74) is 0.778. The van der Waals surface area contributed by atoms with Crippen LogP contribution in [0.2, 0.25) is 0 Å². The average Bonchev–Trinajstić information content (AvgIpc) is 2.22. The van der Waals surface area contributed by atoms with E-state index in [1.54, 1.807) is 13.8 Å². The van der Waals surface area contributed by atoms with Crippen molar-refractivity contribution in [2.24, 2.45) is 5.92 Å². The van der Waals surface area contributed by atoms with Crippen molar-refractivity contribution in [3.05, 3.63) is 24.3 Å². The predicted octanol–water partition coefficient (Wildman–Crippen LogP) is 1.82. The summed E-state index contributed by atoms with van der Waals surface area (Å²) >= 11 is 0. The minimum absolute atomic E-state index is 0.141. The lowest BCUT2D eigenvalue weighted by Gasteiger charge is -2.22. The molecule has 0 radical (unpaired) electrons. The quantitative estimate of drug-likeness (QED) is 0.568. The molecule has 1 atom stereocenters. The van der Waals surface area contributed by atoms with E-state index in [9.17, 15) is 9.59 Å². The van der Waals surface area contributed by atoms with Crippen molar-refractivity contribution in [2.75, 3.05) is 6.61 Å². The zero-order chi connectivity index (χ0) is 13.6. The van der Waals surface area contributed by atoms with Gasteiger partial charge < -0.3 is 10.1 Å². The standard InChI is InChI=1S/C13H21NO3/c1-8(2)11(14-12(15)9(3)4)7-17-13(16)10(5)6/h8,11H,3,5,7H2,1-2,4,6H3,(H,14,15). The van der Waals surface area contributed by atoms with Crippen LogP contribution in [0.5, 0.6) is 0 Å². The molecule has 0 saturated heterocycles. The van der Waals surface area contributed by atoms with E-state index in [2.05, 4.69) is 18.5 Å². The fourth-order valence-corrected chi connectivity index (χ4v) is 0.981. The zero-order valence-corrected chi connectivity index (χ0v) is 11.0. The van der Waals surface area contributed by atoms with E-state index in [0.717, 1.165) is 0 Å². The Kier molecular flexibility index (Phi) is 6.25. The number of ether oxygens (including phenoxy) is 1. The van der Waals surface area contributed by atoms with E-state index in [-0.39, 0.29) is 24.5 Å². The maximum Gasteiger partial charge on any atom is 0.333 e. The Bertz CT molecular complexity index is 332. The van der Waals surface area contributed by atoms with E-state index in [1.165, 1.54) is 0 Å². The first-order valence-corrected chi connectivity index (χ1v) is 5.54. The van der Waals surface area contributed by atoms with Crippen molar-refractivity contribution in [2.45, 2.75) is 33.7 Å². The van der Waals surface area contributed by atoms with Gasteiger partial charge in [0.2, 0.25) is 5.91 Å². The summed E-state index contributed by atoms with van der Waals surface area (Å²) in [5.74, 6) is -0.508. The molecule has 4 heteroatoms. The molecule has 4 nitrogen and oxygen atoms in total. The van der Waals surface area contributed by atoms with Crippen LogP contribution in [-0.2, 0) is 14.3 Å². The second-order valence-electron chi connectivity index (χ2n) is 4.48. The molecule has 0 spiro atoms. The van der Waals surface area contributed by atoms with Crippen molar-refractivity contribution < 1.29 is 14.3 Å². The van der Waals surface area contributed by atoms with Gasteiger partial charge in [-0.2, -0.15) is 0 Å². The lowest BCUT2D eigenvalue weighted by Crippen LogP contribution is -2.42. The highest BCUT2D eigenvalue weighted by Gasteiger charge is 2.18. The molecule has 1 amide bonds. The maximum absolute atomic E-state index is 11.5. The second-order valence-corrected chi connectivity index (χ2v) is 4.48. The topological polar surface area (TPSA) is 55.4 Å². The van der Waals surface area contributed by atoms with E-state index in [0.29, 0.717) is 11.1 Å². The van der Waals surface area contributed by atoms with Gasteiger partial charge in [0, 0.05) is 11.1 Å². The molecule has 96 valence electrons. The monoisotopic (exact) mass is 239 g/mol. The van der Waals surface area contributed by atoms with E-state index >= 15 is 0 Å². The van der Waals surface area contributed by atoms with Gasteiger partial charge in [0.15, 0.2) is 0 Å². The zero-order valence-electron chi connectivity index (χ0n) is 11.0. The van der Waals surface area contributed by atoms with Crippen LogP contribution in [0.15, 0.2) is 24.3 Å². The third-order valence-corrected chi connectivity index (χ3v) is 2.25. The smallest absolute Gasteiger partial charge is 0.333 e. The molecule has 17 heavy (non-hydrogen) atoms. The third kappa shape index (κ3) is 5.90. The molecule has 0 bridgehead atoms. The third-order valence-electron chi connectivity index (χ3n) is 2.25. The van der Waals surface area contributed by atoms with Crippen molar-refractivity contribution in [3.63, 3.8) is 0 Å². The Morgan fingerprint density at radius 3 is 2.06 bits per heavy atom. The van der Waals surface area contributed by atoms with E-state index in [4.69, 9.17) is 4.74 Å². The molecule has 1 unspecified atom stereocenters. The van der Waals surface area contributed by atoms with Gasteiger partial charge in [-0.25, -0.2) is 4.79 Å². The lowest BCUT2D eigenvalue weighted by atomic mass is 10.1. The molecule has 1 N–H and O–H groups in total. The van der Waals surface area contributed by atoms with Crippen molar-refractivity contribution >= 4 is 11.9 Å². The molecule has 0 saturated carbocycles. The molecule has 0 aliphatic heterocycles. The molecule has 0 rings (SSSR count). The summed E-state index contributed by atoms with van der Waals surface area (Å²) in [4.78, 5) is 22.7. The van der Waals surface area contributed by atoms with Crippen molar-refractivity contribution in [3.8, 4) is 0 Å². The molecule has 0 aliphatic carbocycles.